The molecule has 80 valence electrons. The maximum Gasteiger partial charge on any atom is 0.387 e. The lowest BCUT2D eigenvalue weighted by molar-refractivity contribution is -0.0508. The predicted octanol–water partition coefficient (Wildman–Crippen LogP) is 1.66. The van der Waals surface area contributed by atoms with Crippen molar-refractivity contribution in [3.63, 3.8) is 0 Å². The summed E-state index contributed by atoms with van der Waals surface area (Å²) in [6, 6.07) is 2.94. The van der Waals surface area contributed by atoms with Gasteiger partial charge in [0, 0.05) is 5.56 Å². The first kappa shape index (κ1) is 9.85. The van der Waals surface area contributed by atoms with Gasteiger partial charge in [0.25, 0.3) is 0 Å². The highest BCUT2D eigenvalue weighted by atomic mass is 19.3. The normalized spacial score (nSPS) is 11.2. The molecule has 0 radical (unpaired) electrons. The molecule has 0 fully saturated rings. The maximum atomic E-state index is 12.0. The van der Waals surface area contributed by atoms with Gasteiger partial charge in [0.05, 0.1) is 24.0 Å². The number of ether oxygens (including phenoxy) is 1. The number of hydrogen-bond acceptors (Lipinski definition) is 3. The number of aliphatic hydroxyl groups is 1. The van der Waals surface area contributed by atoms with E-state index in [1.54, 1.807) is 6.07 Å². The summed E-state index contributed by atoms with van der Waals surface area (Å²) >= 11 is 0. The molecule has 1 aromatic heterocycles. The van der Waals surface area contributed by atoms with E-state index >= 15 is 0 Å². The highest BCUT2D eigenvalue weighted by molar-refractivity contribution is 5.80. The Balaban J connectivity index is 2.53. The second-order valence-corrected chi connectivity index (χ2v) is 2.88. The number of benzene rings is 1. The molecule has 0 spiro atoms. The lowest BCUT2D eigenvalue weighted by Gasteiger charge is -2.08. The lowest BCUT2D eigenvalue weighted by atomic mass is 10.1. The minimum atomic E-state index is -2.91. The molecule has 4 nitrogen and oxygen atoms in total. The highest BCUT2D eigenvalue weighted by Crippen LogP contribution is 2.27. The third kappa shape index (κ3) is 1.75. The Labute approximate surface area is 83.5 Å². The molecule has 2 rings (SSSR count). The fourth-order valence-electron chi connectivity index (χ4n) is 1.41. The van der Waals surface area contributed by atoms with E-state index in [1.165, 1.54) is 12.4 Å². The Kier molecular flexibility index (Phi) is 2.51. The highest BCUT2D eigenvalue weighted by Gasteiger charge is 2.13. The molecular formula is C9H8F2N2O2. The third-order valence-electron chi connectivity index (χ3n) is 2.03. The van der Waals surface area contributed by atoms with E-state index in [9.17, 15) is 8.78 Å². The van der Waals surface area contributed by atoms with Crippen molar-refractivity contribution in [2.24, 2.45) is 0 Å². The van der Waals surface area contributed by atoms with E-state index < -0.39 is 13.2 Å². The molecule has 0 atom stereocenters. The SMILES string of the molecule is OCc1c(OC(F)F)ccc2[nH]cnc12. The van der Waals surface area contributed by atoms with Crippen molar-refractivity contribution in [1.82, 2.24) is 9.97 Å². The first-order valence-corrected chi connectivity index (χ1v) is 4.23. The fraction of sp³-hybridized carbons (Fsp3) is 0.222. The van der Waals surface area contributed by atoms with Crippen LogP contribution in [0.5, 0.6) is 5.75 Å². The minimum Gasteiger partial charge on any atom is -0.434 e. The molecule has 0 aliphatic carbocycles. The van der Waals surface area contributed by atoms with Crippen molar-refractivity contribution in [3.8, 4) is 5.75 Å². The molecule has 6 heteroatoms. The standard InChI is InChI=1S/C9H8F2N2O2/c10-9(11)15-7-2-1-6-8(5(7)3-14)13-4-12-6/h1-2,4,9,14H,3H2,(H,12,13). The Morgan fingerprint density at radius 1 is 1.47 bits per heavy atom. The van der Waals surface area contributed by atoms with Crippen molar-refractivity contribution < 1.29 is 18.6 Å². The topological polar surface area (TPSA) is 58.1 Å². The first-order chi connectivity index (χ1) is 7.22. The summed E-state index contributed by atoms with van der Waals surface area (Å²) in [5.74, 6) is -0.0490. The van der Waals surface area contributed by atoms with Gasteiger partial charge in [-0.1, -0.05) is 0 Å². The van der Waals surface area contributed by atoms with Crippen LogP contribution in [-0.2, 0) is 6.61 Å². The third-order valence-corrected chi connectivity index (χ3v) is 2.03. The van der Waals surface area contributed by atoms with Gasteiger partial charge < -0.3 is 14.8 Å². The summed E-state index contributed by atoms with van der Waals surface area (Å²) in [4.78, 5) is 6.73. The Hall–Kier alpha value is -1.69. The average Bonchev–Trinajstić information content (AvgIpc) is 2.64. The summed E-state index contributed by atoms with van der Waals surface area (Å²) in [5, 5.41) is 9.07. The van der Waals surface area contributed by atoms with Gasteiger partial charge in [-0.15, -0.1) is 0 Å². The largest absolute Gasteiger partial charge is 0.434 e. The number of aromatic amines is 1. The van der Waals surface area contributed by atoms with Gasteiger partial charge in [-0.2, -0.15) is 8.78 Å². The van der Waals surface area contributed by atoms with E-state index in [-0.39, 0.29) is 11.3 Å². The molecule has 1 heterocycles. The minimum absolute atomic E-state index is 0.0490. The van der Waals surface area contributed by atoms with Crippen LogP contribution >= 0.6 is 0 Å². The van der Waals surface area contributed by atoms with Crippen LogP contribution in [0, 0.1) is 0 Å². The molecule has 15 heavy (non-hydrogen) atoms. The predicted molar refractivity (Wildman–Crippen MR) is 48.6 cm³/mol. The number of rotatable bonds is 3. The van der Waals surface area contributed by atoms with E-state index in [0.717, 1.165) is 0 Å². The van der Waals surface area contributed by atoms with Crippen molar-refractivity contribution >= 4 is 11.0 Å². The monoisotopic (exact) mass is 214 g/mol. The summed E-state index contributed by atoms with van der Waals surface area (Å²) in [7, 11) is 0. The molecule has 0 amide bonds. The number of fused-ring (bicyclic) bond motifs is 1. The number of nitrogens with one attached hydrogen (secondary N) is 1. The van der Waals surface area contributed by atoms with Crippen molar-refractivity contribution in [2.75, 3.05) is 0 Å². The molecule has 0 bridgehead atoms. The van der Waals surface area contributed by atoms with Crippen molar-refractivity contribution in [1.29, 1.82) is 0 Å². The molecule has 0 aliphatic heterocycles. The second-order valence-electron chi connectivity index (χ2n) is 2.88. The van der Waals surface area contributed by atoms with Crippen molar-refractivity contribution in [2.45, 2.75) is 13.2 Å². The number of nitrogens with zero attached hydrogens (tertiary/aromatic N) is 1. The number of H-pyrrole nitrogens is 1. The van der Waals surface area contributed by atoms with Gasteiger partial charge in [0.15, 0.2) is 0 Å². The molecule has 0 saturated heterocycles. The van der Waals surface area contributed by atoms with Crippen LogP contribution in [0.3, 0.4) is 0 Å². The van der Waals surface area contributed by atoms with Gasteiger partial charge in [-0.05, 0) is 12.1 Å². The van der Waals surface area contributed by atoms with Crippen LogP contribution in [0.2, 0.25) is 0 Å². The van der Waals surface area contributed by atoms with Gasteiger partial charge in [0.2, 0.25) is 0 Å². The number of imidazole rings is 1. The van der Waals surface area contributed by atoms with E-state index in [1.807, 2.05) is 0 Å². The molecule has 2 N–H and O–H groups in total. The zero-order chi connectivity index (χ0) is 10.8. The summed E-state index contributed by atoms with van der Waals surface area (Å²) < 4.78 is 28.3. The van der Waals surface area contributed by atoms with Gasteiger partial charge in [-0.25, -0.2) is 4.98 Å². The average molecular weight is 214 g/mol. The van der Waals surface area contributed by atoms with Crippen LogP contribution in [0.4, 0.5) is 8.78 Å². The van der Waals surface area contributed by atoms with E-state index in [0.29, 0.717) is 11.0 Å². The Morgan fingerprint density at radius 2 is 2.27 bits per heavy atom. The summed E-state index contributed by atoms with van der Waals surface area (Å²) in [5.41, 5.74) is 1.37. The zero-order valence-electron chi connectivity index (χ0n) is 7.58. The summed E-state index contributed by atoms with van der Waals surface area (Å²) in [6.45, 7) is -3.31. The summed E-state index contributed by atoms with van der Waals surface area (Å²) in [6.07, 6.45) is 1.43. The first-order valence-electron chi connectivity index (χ1n) is 4.23. The van der Waals surface area contributed by atoms with Gasteiger partial charge in [0.1, 0.15) is 5.75 Å². The van der Waals surface area contributed by atoms with Crippen LogP contribution in [0.25, 0.3) is 11.0 Å². The molecule has 0 aliphatic rings. The lowest BCUT2D eigenvalue weighted by Crippen LogP contribution is -2.04. The second kappa shape index (κ2) is 3.82. The number of aliphatic hydroxyl groups excluding tert-OH is 1. The maximum absolute atomic E-state index is 12.0. The van der Waals surface area contributed by atoms with Crippen molar-refractivity contribution in [3.05, 3.63) is 24.0 Å². The number of aromatic nitrogens is 2. The molecular weight excluding hydrogens is 206 g/mol. The molecule has 2 aromatic rings. The van der Waals surface area contributed by atoms with E-state index in [2.05, 4.69) is 14.7 Å². The number of halogens is 2. The molecule has 0 unspecified atom stereocenters. The van der Waals surface area contributed by atoms with Crippen LogP contribution < -0.4 is 4.74 Å². The number of hydrogen-bond donors (Lipinski definition) is 2. The Bertz CT molecular complexity index is 470. The molecule has 1 aromatic carbocycles. The number of alkyl halides is 2. The van der Waals surface area contributed by atoms with E-state index in [4.69, 9.17) is 5.11 Å². The van der Waals surface area contributed by atoms with Crippen LogP contribution in [0.15, 0.2) is 18.5 Å². The van der Waals surface area contributed by atoms with Crippen LogP contribution in [-0.4, -0.2) is 21.7 Å². The quantitative estimate of drug-likeness (QED) is 0.816. The zero-order valence-corrected chi connectivity index (χ0v) is 7.58. The van der Waals surface area contributed by atoms with Gasteiger partial charge in [-0.3, -0.25) is 0 Å². The smallest absolute Gasteiger partial charge is 0.387 e. The fourth-order valence-corrected chi connectivity index (χ4v) is 1.41. The Morgan fingerprint density at radius 3 is 2.93 bits per heavy atom. The van der Waals surface area contributed by atoms with Crippen LogP contribution in [0.1, 0.15) is 5.56 Å². The molecule has 0 saturated carbocycles. The van der Waals surface area contributed by atoms with Gasteiger partial charge >= 0.3 is 6.61 Å².